The first kappa shape index (κ1) is 14.9. The summed E-state index contributed by atoms with van der Waals surface area (Å²) in [6, 6.07) is 5.46. The number of nitrogens with two attached hydrogens (primary N) is 1. The summed E-state index contributed by atoms with van der Waals surface area (Å²) in [6.07, 6.45) is 2.61. The lowest BCUT2D eigenvalue weighted by Gasteiger charge is -2.27. The van der Waals surface area contributed by atoms with Crippen molar-refractivity contribution < 1.29 is 4.79 Å². The van der Waals surface area contributed by atoms with Crippen LogP contribution in [0, 0.1) is 12.8 Å². The summed E-state index contributed by atoms with van der Waals surface area (Å²) in [5, 5.41) is 3.01. The molecule has 0 aromatic heterocycles. The van der Waals surface area contributed by atoms with Crippen molar-refractivity contribution in [2.75, 3.05) is 24.1 Å². The number of amides is 1. The Kier molecular flexibility index (Phi) is 4.65. The third kappa shape index (κ3) is 3.73. The number of benzene rings is 1. The Morgan fingerprint density at radius 1 is 1.50 bits per heavy atom. The average Bonchev–Trinajstić information content (AvgIpc) is 3.22. The first-order chi connectivity index (χ1) is 9.51. The van der Waals surface area contributed by atoms with Gasteiger partial charge in [-0.15, -0.1) is 0 Å². The van der Waals surface area contributed by atoms with Gasteiger partial charge in [-0.05, 0) is 62.9 Å². The predicted octanol–water partition coefficient (Wildman–Crippen LogP) is 2.64. The molecule has 3 N–H and O–H groups in total. The first-order valence-corrected chi connectivity index (χ1v) is 7.42. The Balaban J connectivity index is 1.98. The minimum atomic E-state index is -0.0995. The maximum absolute atomic E-state index is 12.4. The Bertz CT molecular complexity index is 483. The number of nitrogen functional groups attached to an aromatic ring is 1. The minimum Gasteiger partial charge on any atom is -0.399 e. The molecule has 1 aliphatic rings. The van der Waals surface area contributed by atoms with Gasteiger partial charge in [0, 0.05) is 17.9 Å². The van der Waals surface area contributed by atoms with Crippen molar-refractivity contribution in [3.63, 3.8) is 0 Å². The smallest absolute Gasteiger partial charge is 0.241 e. The molecular weight excluding hydrogens is 250 g/mol. The molecule has 4 heteroatoms. The van der Waals surface area contributed by atoms with E-state index in [0.29, 0.717) is 0 Å². The van der Waals surface area contributed by atoms with E-state index < -0.39 is 0 Å². The van der Waals surface area contributed by atoms with Crippen LogP contribution in [0.15, 0.2) is 18.2 Å². The van der Waals surface area contributed by atoms with Crippen LogP contribution in [-0.2, 0) is 4.79 Å². The molecule has 0 aliphatic heterocycles. The largest absolute Gasteiger partial charge is 0.399 e. The van der Waals surface area contributed by atoms with Gasteiger partial charge in [0.2, 0.25) is 5.91 Å². The topological polar surface area (TPSA) is 58.4 Å². The highest BCUT2D eigenvalue weighted by atomic mass is 16.2. The van der Waals surface area contributed by atoms with Gasteiger partial charge in [-0.3, -0.25) is 9.69 Å². The molecule has 1 saturated carbocycles. The van der Waals surface area contributed by atoms with E-state index in [1.54, 1.807) is 0 Å². The molecular formula is C16H25N3O. The lowest BCUT2D eigenvalue weighted by Crippen LogP contribution is -2.43. The van der Waals surface area contributed by atoms with E-state index in [2.05, 4.69) is 17.1 Å². The number of likely N-dealkylation sites (N-methyl/N-ethyl adjacent to an activating group) is 1. The average molecular weight is 275 g/mol. The second-order valence-electron chi connectivity index (χ2n) is 5.77. The Hall–Kier alpha value is -1.55. The quantitative estimate of drug-likeness (QED) is 0.785. The van der Waals surface area contributed by atoms with Crippen LogP contribution in [0.3, 0.4) is 0 Å². The molecule has 110 valence electrons. The number of carbonyl (C=O) groups excluding carboxylic acids is 1. The van der Waals surface area contributed by atoms with Gasteiger partial charge in [0.25, 0.3) is 0 Å². The number of aryl methyl sites for hydroxylation is 1. The Morgan fingerprint density at radius 2 is 2.20 bits per heavy atom. The van der Waals surface area contributed by atoms with Crippen molar-refractivity contribution in [3.8, 4) is 0 Å². The van der Waals surface area contributed by atoms with Crippen LogP contribution in [0.5, 0.6) is 0 Å². The first-order valence-electron chi connectivity index (χ1n) is 7.42. The maximum Gasteiger partial charge on any atom is 0.241 e. The van der Waals surface area contributed by atoms with Crippen LogP contribution in [-0.4, -0.2) is 29.9 Å². The number of hydrogen-bond acceptors (Lipinski definition) is 3. The fourth-order valence-corrected chi connectivity index (χ4v) is 2.42. The minimum absolute atomic E-state index is 0.0559. The number of nitrogens with one attached hydrogen (secondary N) is 1. The molecule has 0 heterocycles. The van der Waals surface area contributed by atoms with E-state index in [1.165, 1.54) is 12.8 Å². The maximum atomic E-state index is 12.4. The van der Waals surface area contributed by atoms with Crippen molar-refractivity contribution in [2.45, 2.75) is 39.7 Å². The van der Waals surface area contributed by atoms with Crippen LogP contribution in [0.25, 0.3) is 0 Å². The molecule has 1 amide bonds. The fourth-order valence-electron chi connectivity index (χ4n) is 2.42. The normalized spacial score (nSPS) is 16.2. The molecule has 0 spiro atoms. The van der Waals surface area contributed by atoms with Crippen LogP contribution < -0.4 is 11.1 Å². The number of rotatable bonds is 6. The summed E-state index contributed by atoms with van der Waals surface area (Å²) < 4.78 is 0. The molecule has 2 rings (SSSR count). The molecule has 0 saturated heterocycles. The van der Waals surface area contributed by atoms with Gasteiger partial charge in [-0.1, -0.05) is 6.92 Å². The summed E-state index contributed by atoms with van der Waals surface area (Å²) in [4.78, 5) is 14.6. The number of carbonyl (C=O) groups is 1. The number of anilines is 2. The van der Waals surface area contributed by atoms with Crippen molar-refractivity contribution in [2.24, 2.45) is 5.92 Å². The summed E-state index contributed by atoms with van der Waals surface area (Å²) in [7, 11) is 0. The standard InChI is InChI=1S/C16H25N3O/c1-4-19(10-13-5-6-13)12(3)16(20)18-15-8-7-14(17)9-11(15)2/h7-9,12-13H,4-6,10,17H2,1-3H3,(H,18,20). The van der Waals surface area contributed by atoms with Crippen molar-refractivity contribution in [3.05, 3.63) is 23.8 Å². The van der Waals surface area contributed by atoms with Gasteiger partial charge in [-0.2, -0.15) is 0 Å². The van der Waals surface area contributed by atoms with Gasteiger partial charge in [-0.25, -0.2) is 0 Å². The SMILES string of the molecule is CCN(CC1CC1)C(C)C(=O)Nc1ccc(N)cc1C. The summed E-state index contributed by atoms with van der Waals surface area (Å²) in [5.41, 5.74) is 8.29. The summed E-state index contributed by atoms with van der Waals surface area (Å²) >= 11 is 0. The monoisotopic (exact) mass is 275 g/mol. The second-order valence-corrected chi connectivity index (χ2v) is 5.77. The second kappa shape index (κ2) is 6.27. The van der Waals surface area contributed by atoms with Crippen molar-refractivity contribution >= 4 is 17.3 Å². The zero-order chi connectivity index (χ0) is 14.7. The van der Waals surface area contributed by atoms with Crippen molar-refractivity contribution in [1.82, 2.24) is 4.90 Å². The highest BCUT2D eigenvalue weighted by molar-refractivity contribution is 5.95. The van der Waals surface area contributed by atoms with E-state index in [4.69, 9.17) is 5.73 Å². The molecule has 20 heavy (non-hydrogen) atoms. The Labute approximate surface area is 121 Å². The van der Waals surface area contributed by atoms with Crippen LogP contribution >= 0.6 is 0 Å². The third-order valence-electron chi connectivity index (χ3n) is 4.03. The van der Waals surface area contributed by atoms with E-state index >= 15 is 0 Å². The molecule has 1 aromatic carbocycles. The zero-order valence-corrected chi connectivity index (χ0v) is 12.6. The van der Waals surface area contributed by atoms with Crippen LogP contribution in [0.2, 0.25) is 0 Å². The summed E-state index contributed by atoms with van der Waals surface area (Å²) in [6.45, 7) is 7.99. The predicted molar refractivity (Wildman–Crippen MR) is 83.7 cm³/mol. The summed E-state index contributed by atoms with van der Waals surface area (Å²) in [5.74, 6) is 0.851. The van der Waals surface area contributed by atoms with Crippen LogP contribution in [0.1, 0.15) is 32.3 Å². The molecule has 0 radical (unpaired) electrons. The lowest BCUT2D eigenvalue weighted by molar-refractivity contribution is -0.120. The molecule has 1 aliphatic carbocycles. The molecule has 1 fully saturated rings. The lowest BCUT2D eigenvalue weighted by atomic mass is 10.1. The third-order valence-corrected chi connectivity index (χ3v) is 4.03. The van der Waals surface area contributed by atoms with Crippen molar-refractivity contribution in [1.29, 1.82) is 0 Å². The molecule has 1 atom stereocenters. The highest BCUT2D eigenvalue weighted by Gasteiger charge is 2.28. The van der Waals surface area contributed by atoms with Gasteiger partial charge in [0.05, 0.1) is 6.04 Å². The number of nitrogens with zero attached hydrogens (tertiary/aromatic N) is 1. The van der Waals surface area contributed by atoms with Gasteiger partial charge in [0.1, 0.15) is 0 Å². The Morgan fingerprint density at radius 3 is 2.75 bits per heavy atom. The molecule has 4 nitrogen and oxygen atoms in total. The zero-order valence-electron chi connectivity index (χ0n) is 12.6. The van der Waals surface area contributed by atoms with Gasteiger partial charge < -0.3 is 11.1 Å². The highest BCUT2D eigenvalue weighted by Crippen LogP contribution is 2.30. The van der Waals surface area contributed by atoms with E-state index in [9.17, 15) is 4.79 Å². The van der Waals surface area contributed by atoms with Gasteiger partial charge >= 0.3 is 0 Å². The molecule has 1 aromatic rings. The van der Waals surface area contributed by atoms with E-state index in [1.807, 2.05) is 32.0 Å². The molecule has 0 bridgehead atoms. The van der Waals surface area contributed by atoms with Gasteiger partial charge in [0.15, 0.2) is 0 Å². The van der Waals surface area contributed by atoms with E-state index in [0.717, 1.165) is 35.9 Å². The fraction of sp³-hybridized carbons (Fsp3) is 0.562. The van der Waals surface area contributed by atoms with E-state index in [-0.39, 0.29) is 11.9 Å². The number of hydrogen-bond donors (Lipinski definition) is 2. The molecule has 1 unspecified atom stereocenters. The van der Waals surface area contributed by atoms with Crippen LogP contribution in [0.4, 0.5) is 11.4 Å².